The van der Waals surface area contributed by atoms with E-state index in [0.717, 1.165) is 58.6 Å². The molecule has 0 spiro atoms. The summed E-state index contributed by atoms with van der Waals surface area (Å²) in [6.45, 7) is 0.663. The number of hydrogen-bond donors (Lipinski definition) is 0. The van der Waals surface area contributed by atoms with E-state index in [1.54, 1.807) is 12.5 Å². The largest absolute Gasteiger partial charge is 0.462 e. The average Bonchev–Trinajstić information content (AvgIpc) is 3.24. The molecular formula is C26H25N4O2P. The average molecular weight is 456 g/mol. The van der Waals surface area contributed by atoms with Gasteiger partial charge in [0.15, 0.2) is 0 Å². The van der Waals surface area contributed by atoms with Crippen LogP contribution < -0.4 is 5.30 Å². The standard InChI is InChI=1S/C26H25N4O2P/c31-23-8-4-7-20(32-23)14-16-30-25(22-13-15-27-17-28-22)24(18-9-11-21(33)12-10-18)29-26(30)19-5-2-1-3-6-19/h1-3,5-6,9-13,15,17,20H,4,7-8,14,16,33H2. The van der Waals surface area contributed by atoms with Crippen molar-refractivity contribution in [3.8, 4) is 34.0 Å². The number of aromatic nitrogens is 4. The van der Waals surface area contributed by atoms with Crippen LogP contribution in [0.15, 0.2) is 73.2 Å². The van der Waals surface area contributed by atoms with Crippen molar-refractivity contribution in [2.75, 3.05) is 0 Å². The highest BCUT2D eigenvalue weighted by Crippen LogP contribution is 2.36. The van der Waals surface area contributed by atoms with E-state index >= 15 is 0 Å². The zero-order valence-electron chi connectivity index (χ0n) is 18.2. The maximum absolute atomic E-state index is 11.8. The highest BCUT2D eigenvalue weighted by atomic mass is 31.0. The second kappa shape index (κ2) is 9.63. The zero-order valence-corrected chi connectivity index (χ0v) is 19.4. The van der Waals surface area contributed by atoms with Crippen molar-refractivity contribution >= 4 is 20.5 Å². The quantitative estimate of drug-likeness (QED) is 0.312. The second-order valence-electron chi connectivity index (χ2n) is 8.16. The molecule has 0 radical (unpaired) electrons. The van der Waals surface area contributed by atoms with Crippen LogP contribution in [0.4, 0.5) is 0 Å². The van der Waals surface area contributed by atoms with Gasteiger partial charge in [0.1, 0.15) is 18.3 Å². The SMILES string of the molecule is O=C1CCCC(CCn2c(-c3ccccc3)nc(-c3ccc(P)cc3)c2-c2ccncn2)O1. The minimum atomic E-state index is -0.102. The molecule has 1 aliphatic heterocycles. The van der Waals surface area contributed by atoms with Crippen molar-refractivity contribution < 1.29 is 9.53 Å². The third kappa shape index (κ3) is 4.71. The summed E-state index contributed by atoms with van der Waals surface area (Å²) in [5, 5.41) is 1.11. The van der Waals surface area contributed by atoms with E-state index in [0.29, 0.717) is 13.0 Å². The monoisotopic (exact) mass is 456 g/mol. The molecule has 33 heavy (non-hydrogen) atoms. The van der Waals surface area contributed by atoms with Gasteiger partial charge in [0.25, 0.3) is 0 Å². The van der Waals surface area contributed by atoms with E-state index < -0.39 is 0 Å². The zero-order chi connectivity index (χ0) is 22.6. The summed E-state index contributed by atoms with van der Waals surface area (Å²) in [7, 11) is 2.72. The van der Waals surface area contributed by atoms with E-state index in [-0.39, 0.29) is 12.1 Å². The molecule has 0 aliphatic carbocycles. The van der Waals surface area contributed by atoms with Crippen molar-refractivity contribution in [2.24, 2.45) is 0 Å². The summed E-state index contributed by atoms with van der Waals surface area (Å²) in [5.74, 6) is 0.769. The third-order valence-corrected chi connectivity index (χ3v) is 6.27. The van der Waals surface area contributed by atoms with E-state index in [1.807, 2.05) is 24.3 Å². The highest BCUT2D eigenvalue weighted by molar-refractivity contribution is 7.27. The summed E-state index contributed by atoms with van der Waals surface area (Å²) in [6, 6.07) is 20.4. The number of benzene rings is 2. The molecule has 2 aromatic heterocycles. The summed E-state index contributed by atoms with van der Waals surface area (Å²) in [5.41, 5.74) is 4.68. The van der Waals surface area contributed by atoms with E-state index in [2.05, 4.69) is 60.2 Å². The fourth-order valence-electron chi connectivity index (χ4n) is 4.27. The van der Waals surface area contributed by atoms with Crippen molar-refractivity contribution in [1.82, 2.24) is 19.5 Å². The Morgan fingerprint density at radius 2 is 1.85 bits per heavy atom. The summed E-state index contributed by atoms with van der Waals surface area (Å²) >= 11 is 0. The molecule has 2 atom stereocenters. The summed E-state index contributed by atoms with van der Waals surface area (Å²) < 4.78 is 7.82. The molecule has 166 valence electrons. The Kier molecular flexibility index (Phi) is 6.27. The van der Waals surface area contributed by atoms with E-state index in [1.165, 1.54) is 0 Å². The molecule has 3 heterocycles. The third-order valence-electron chi connectivity index (χ3n) is 5.89. The molecular weight excluding hydrogens is 431 g/mol. The molecule has 0 saturated carbocycles. The molecule has 5 rings (SSSR count). The smallest absolute Gasteiger partial charge is 0.306 e. The normalized spacial score (nSPS) is 15.9. The molecule has 2 aromatic carbocycles. The number of rotatable bonds is 6. The van der Waals surface area contributed by atoms with Crippen molar-refractivity contribution in [3.63, 3.8) is 0 Å². The Labute approximate surface area is 195 Å². The van der Waals surface area contributed by atoms with Gasteiger partial charge in [0, 0.05) is 36.7 Å². The van der Waals surface area contributed by atoms with Crippen LogP contribution in [0.5, 0.6) is 0 Å². The van der Waals surface area contributed by atoms with Gasteiger partial charge in [-0.25, -0.2) is 15.0 Å². The van der Waals surface area contributed by atoms with Gasteiger partial charge in [-0.2, -0.15) is 0 Å². The maximum Gasteiger partial charge on any atom is 0.306 e. The first kappa shape index (κ1) is 21.5. The lowest BCUT2D eigenvalue weighted by atomic mass is 10.1. The first-order valence-electron chi connectivity index (χ1n) is 11.2. The Bertz CT molecular complexity index is 1240. The number of nitrogens with zero attached hydrogens (tertiary/aromatic N) is 4. The fourth-order valence-corrected chi connectivity index (χ4v) is 4.46. The molecule has 1 aliphatic rings. The lowest BCUT2D eigenvalue weighted by molar-refractivity contribution is -0.154. The number of imidazole rings is 1. The van der Waals surface area contributed by atoms with Crippen LogP contribution in [0.25, 0.3) is 34.0 Å². The van der Waals surface area contributed by atoms with E-state index in [9.17, 15) is 4.79 Å². The van der Waals surface area contributed by atoms with Gasteiger partial charge in [-0.3, -0.25) is 4.79 Å². The van der Waals surface area contributed by atoms with Crippen LogP contribution in [0.2, 0.25) is 0 Å². The fraction of sp³-hybridized carbons (Fsp3) is 0.231. The van der Waals surface area contributed by atoms with Gasteiger partial charge in [0.05, 0.1) is 17.1 Å². The van der Waals surface area contributed by atoms with Gasteiger partial charge < -0.3 is 9.30 Å². The Hall–Kier alpha value is -3.37. The van der Waals surface area contributed by atoms with Gasteiger partial charge in [-0.1, -0.05) is 54.6 Å². The van der Waals surface area contributed by atoms with Gasteiger partial charge in [-0.15, -0.1) is 9.24 Å². The van der Waals surface area contributed by atoms with Gasteiger partial charge >= 0.3 is 5.97 Å². The van der Waals surface area contributed by atoms with Crippen LogP contribution in [0.1, 0.15) is 25.7 Å². The van der Waals surface area contributed by atoms with Gasteiger partial charge in [-0.05, 0) is 24.2 Å². The minimum absolute atomic E-state index is 0.0737. The number of cyclic esters (lactones) is 1. The molecule has 7 heteroatoms. The first-order valence-corrected chi connectivity index (χ1v) is 11.7. The van der Waals surface area contributed by atoms with E-state index in [4.69, 9.17) is 9.72 Å². The van der Waals surface area contributed by atoms with Crippen molar-refractivity contribution in [3.05, 3.63) is 73.2 Å². The Morgan fingerprint density at radius 3 is 2.58 bits per heavy atom. The lowest BCUT2D eigenvalue weighted by Gasteiger charge is -2.23. The minimum Gasteiger partial charge on any atom is -0.462 e. The predicted octanol–water partition coefficient (Wildman–Crippen LogP) is 4.66. The summed E-state index contributed by atoms with van der Waals surface area (Å²) in [4.78, 5) is 25.6. The predicted molar refractivity (Wildman–Crippen MR) is 132 cm³/mol. The van der Waals surface area contributed by atoms with Crippen molar-refractivity contribution in [1.29, 1.82) is 0 Å². The van der Waals surface area contributed by atoms with Crippen LogP contribution in [0.3, 0.4) is 0 Å². The molecule has 0 bridgehead atoms. The molecule has 0 amide bonds. The van der Waals surface area contributed by atoms with Crippen LogP contribution in [-0.2, 0) is 16.1 Å². The van der Waals surface area contributed by atoms with Crippen LogP contribution >= 0.6 is 9.24 Å². The van der Waals surface area contributed by atoms with Crippen molar-refractivity contribution in [2.45, 2.75) is 38.3 Å². The number of carbonyl (C=O) groups excluding carboxylic acids is 1. The molecule has 6 nitrogen and oxygen atoms in total. The highest BCUT2D eigenvalue weighted by Gasteiger charge is 2.25. The first-order chi connectivity index (χ1) is 16.2. The molecule has 1 fully saturated rings. The Balaban J connectivity index is 1.65. The Morgan fingerprint density at radius 1 is 1.03 bits per heavy atom. The maximum atomic E-state index is 11.8. The number of ether oxygens (including phenoxy) is 1. The number of carbonyl (C=O) groups is 1. The van der Waals surface area contributed by atoms with Crippen LogP contribution in [0, 0.1) is 0 Å². The lowest BCUT2D eigenvalue weighted by Crippen LogP contribution is -2.25. The van der Waals surface area contributed by atoms with Crippen LogP contribution in [-0.4, -0.2) is 31.6 Å². The number of hydrogen-bond acceptors (Lipinski definition) is 5. The summed E-state index contributed by atoms with van der Waals surface area (Å²) in [6.07, 6.45) is 6.25. The second-order valence-corrected chi connectivity index (χ2v) is 8.83. The molecule has 0 N–H and O–H groups in total. The molecule has 4 aromatic rings. The molecule has 2 unspecified atom stereocenters. The van der Waals surface area contributed by atoms with Gasteiger partial charge in [0.2, 0.25) is 0 Å². The number of esters is 1. The molecule has 1 saturated heterocycles. The topological polar surface area (TPSA) is 69.9 Å².